The van der Waals surface area contributed by atoms with Gasteiger partial charge in [-0.15, -0.1) is 10.2 Å². The molecule has 1 fully saturated rings. The van der Waals surface area contributed by atoms with Gasteiger partial charge in [-0.3, -0.25) is 4.98 Å². The molecule has 3 heterocycles. The minimum absolute atomic E-state index is 0.170. The lowest BCUT2D eigenvalue weighted by Crippen LogP contribution is -2.15. The van der Waals surface area contributed by atoms with Crippen LogP contribution in [0.1, 0.15) is 24.7 Å². The number of hydrogen-bond donors (Lipinski definition) is 0. The third kappa shape index (κ3) is 2.55. The van der Waals surface area contributed by atoms with Gasteiger partial charge >= 0.3 is 0 Å². The summed E-state index contributed by atoms with van der Waals surface area (Å²) in [6.07, 6.45) is 3.71. The Morgan fingerprint density at radius 2 is 2.13 bits per heavy atom. The van der Waals surface area contributed by atoms with E-state index in [1.807, 2.05) is 24.3 Å². The van der Waals surface area contributed by atoms with Gasteiger partial charge < -0.3 is 13.9 Å². The molecule has 0 saturated carbocycles. The molecule has 4 rings (SSSR count). The van der Waals surface area contributed by atoms with E-state index in [1.54, 1.807) is 13.3 Å². The number of aromatic nitrogens is 3. The van der Waals surface area contributed by atoms with Gasteiger partial charge in [0.1, 0.15) is 0 Å². The van der Waals surface area contributed by atoms with Crippen molar-refractivity contribution in [3.8, 4) is 17.2 Å². The third-order valence-corrected chi connectivity index (χ3v) is 4.12. The monoisotopic (exact) mass is 311 g/mol. The lowest BCUT2D eigenvalue weighted by Gasteiger charge is -2.18. The molecular formula is C17H17N3O3. The van der Waals surface area contributed by atoms with Crippen molar-refractivity contribution in [3.05, 3.63) is 36.4 Å². The van der Waals surface area contributed by atoms with Crippen molar-refractivity contribution < 1.29 is 13.9 Å². The Morgan fingerprint density at radius 3 is 2.96 bits per heavy atom. The third-order valence-electron chi connectivity index (χ3n) is 4.12. The maximum Gasteiger partial charge on any atom is 0.252 e. The molecule has 1 aromatic carbocycles. The molecule has 6 nitrogen and oxygen atoms in total. The molecule has 0 amide bonds. The molecule has 0 bridgehead atoms. The number of rotatable bonds is 3. The van der Waals surface area contributed by atoms with Crippen LogP contribution in [0.5, 0.6) is 5.75 Å². The normalized spacial score (nSPS) is 18.2. The van der Waals surface area contributed by atoms with Crippen LogP contribution in [0.4, 0.5) is 0 Å². The molecule has 0 N–H and O–H groups in total. The van der Waals surface area contributed by atoms with E-state index in [2.05, 4.69) is 15.2 Å². The minimum atomic E-state index is 0.170. The van der Waals surface area contributed by atoms with Crippen LogP contribution in [0, 0.1) is 0 Å². The van der Waals surface area contributed by atoms with Crippen LogP contribution < -0.4 is 4.74 Å². The van der Waals surface area contributed by atoms with E-state index in [4.69, 9.17) is 13.9 Å². The van der Waals surface area contributed by atoms with Crippen LogP contribution in [0.3, 0.4) is 0 Å². The zero-order valence-corrected chi connectivity index (χ0v) is 12.9. The molecule has 1 aliphatic heterocycles. The summed E-state index contributed by atoms with van der Waals surface area (Å²) >= 11 is 0. The summed E-state index contributed by atoms with van der Waals surface area (Å²) in [5.74, 6) is 1.88. The first kappa shape index (κ1) is 14.1. The number of nitrogens with zero attached hydrogens (tertiary/aromatic N) is 3. The summed E-state index contributed by atoms with van der Waals surface area (Å²) in [6.45, 7) is 1.44. The lowest BCUT2D eigenvalue weighted by molar-refractivity contribution is 0.0727. The molecule has 23 heavy (non-hydrogen) atoms. The van der Waals surface area contributed by atoms with Gasteiger partial charge in [-0.05, 0) is 18.9 Å². The maximum atomic E-state index is 5.95. The van der Waals surface area contributed by atoms with E-state index in [-0.39, 0.29) is 5.92 Å². The van der Waals surface area contributed by atoms with Crippen molar-refractivity contribution in [1.29, 1.82) is 0 Å². The molecule has 1 atom stereocenters. The average molecular weight is 311 g/mol. The number of methoxy groups -OCH3 is 1. The molecule has 3 aromatic rings. The van der Waals surface area contributed by atoms with Crippen LogP contribution in [0.25, 0.3) is 22.4 Å². The van der Waals surface area contributed by atoms with Gasteiger partial charge in [0.15, 0.2) is 5.75 Å². The highest BCUT2D eigenvalue weighted by atomic mass is 16.5. The Balaban J connectivity index is 1.81. The zero-order chi connectivity index (χ0) is 15.6. The fraction of sp³-hybridized carbons (Fsp3) is 0.353. The Morgan fingerprint density at radius 1 is 1.22 bits per heavy atom. The first-order valence-electron chi connectivity index (χ1n) is 7.70. The summed E-state index contributed by atoms with van der Waals surface area (Å²) in [5, 5.41) is 9.40. The molecule has 6 heteroatoms. The van der Waals surface area contributed by atoms with E-state index in [9.17, 15) is 0 Å². The first-order chi connectivity index (χ1) is 11.4. The van der Waals surface area contributed by atoms with Crippen LogP contribution in [-0.2, 0) is 4.74 Å². The summed E-state index contributed by atoms with van der Waals surface area (Å²) in [7, 11) is 1.61. The van der Waals surface area contributed by atoms with Crippen molar-refractivity contribution in [1.82, 2.24) is 15.2 Å². The number of fused-ring (bicyclic) bond motifs is 1. The van der Waals surface area contributed by atoms with E-state index in [1.165, 1.54) is 0 Å². The standard InChI is InChI=1S/C17H17N3O3/c1-21-14-9-18-13-7-3-2-6-12(13)15(14)17-20-19-16(23-17)11-5-4-8-22-10-11/h2-3,6-7,9,11H,4-5,8,10H2,1H3. The molecule has 118 valence electrons. The Hall–Kier alpha value is -2.47. The van der Waals surface area contributed by atoms with Crippen molar-refractivity contribution in [2.45, 2.75) is 18.8 Å². The molecule has 0 radical (unpaired) electrons. The topological polar surface area (TPSA) is 70.3 Å². The largest absolute Gasteiger partial charge is 0.494 e. The number of para-hydroxylation sites is 1. The predicted molar refractivity (Wildman–Crippen MR) is 84.4 cm³/mol. The summed E-state index contributed by atoms with van der Waals surface area (Å²) < 4.78 is 16.9. The second-order valence-corrected chi connectivity index (χ2v) is 5.58. The van der Waals surface area contributed by atoms with E-state index in [0.717, 1.165) is 35.9 Å². The molecule has 1 unspecified atom stereocenters. The van der Waals surface area contributed by atoms with Gasteiger partial charge in [0.05, 0.1) is 36.9 Å². The maximum absolute atomic E-state index is 5.95. The number of ether oxygens (including phenoxy) is 2. The highest BCUT2D eigenvalue weighted by molar-refractivity contribution is 5.95. The van der Waals surface area contributed by atoms with Gasteiger partial charge in [-0.2, -0.15) is 0 Å². The molecule has 2 aromatic heterocycles. The molecule has 1 aliphatic rings. The number of pyridine rings is 1. The smallest absolute Gasteiger partial charge is 0.252 e. The van der Waals surface area contributed by atoms with Crippen molar-refractivity contribution in [3.63, 3.8) is 0 Å². The predicted octanol–water partition coefficient (Wildman–Crippen LogP) is 3.19. The Bertz CT molecular complexity index is 825. The summed E-state index contributed by atoms with van der Waals surface area (Å²) in [5.41, 5.74) is 1.65. The van der Waals surface area contributed by atoms with Gasteiger partial charge in [0.2, 0.25) is 5.89 Å². The van der Waals surface area contributed by atoms with Crippen LogP contribution >= 0.6 is 0 Å². The summed E-state index contributed by atoms with van der Waals surface area (Å²) in [6, 6.07) is 7.84. The number of hydrogen-bond acceptors (Lipinski definition) is 6. The Kier molecular flexibility index (Phi) is 3.67. The van der Waals surface area contributed by atoms with Gasteiger partial charge in [0.25, 0.3) is 5.89 Å². The van der Waals surface area contributed by atoms with Crippen molar-refractivity contribution in [2.75, 3.05) is 20.3 Å². The molecule has 0 aliphatic carbocycles. The SMILES string of the molecule is COc1cnc2ccccc2c1-c1nnc(C2CCCOC2)o1. The van der Waals surface area contributed by atoms with Crippen LogP contribution in [0.15, 0.2) is 34.9 Å². The van der Waals surface area contributed by atoms with E-state index in [0.29, 0.717) is 24.1 Å². The van der Waals surface area contributed by atoms with Crippen LogP contribution in [0.2, 0.25) is 0 Å². The molecule has 0 spiro atoms. The highest BCUT2D eigenvalue weighted by Gasteiger charge is 2.24. The first-order valence-corrected chi connectivity index (χ1v) is 7.70. The zero-order valence-electron chi connectivity index (χ0n) is 12.9. The molecule has 1 saturated heterocycles. The Labute approximate surface area is 133 Å². The molecular weight excluding hydrogens is 294 g/mol. The van der Waals surface area contributed by atoms with E-state index >= 15 is 0 Å². The van der Waals surface area contributed by atoms with Gasteiger partial charge in [0, 0.05) is 12.0 Å². The van der Waals surface area contributed by atoms with Crippen LogP contribution in [-0.4, -0.2) is 35.5 Å². The fourth-order valence-corrected chi connectivity index (χ4v) is 2.93. The van der Waals surface area contributed by atoms with E-state index < -0.39 is 0 Å². The minimum Gasteiger partial charge on any atom is -0.494 e. The van der Waals surface area contributed by atoms with Crippen molar-refractivity contribution >= 4 is 10.9 Å². The van der Waals surface area contributed by atoms with Gasteiger partial charge in [-0.1, -0.05) is 18.2 Å². The second-order valence-electron chi connectivity index (χ2n) is 5.58. The second kappa shape index (κ2) is 5.96. The van der Waals surface area contributed by atoms with Gasteiger partial charge in [-0.25, -0.2) is 0 Å². The lowest BCUT2D eigenvalue weighted by atomic mass is 10.0. The number of benzene rings is 1. The quantitative estimate of drug-likeness (QED) is 0.740. The highest BCUT2D eigenvalue weighted by Crippen LogP contribution is 2.36. The fourth-order valence-electron chi connectivity index (χ4n) is 2.93. The average Bonchev–Trinajstić information content (AvgIpc) is 3.11. The van der Waals surface area contributed by atoms with Crippen molar-refractivity contribution in [2.24, 2.45) is 0 Å². The summed E-state index contributed by atoms with van der Waals surface area (Å²) in [4.78, 5) is 4.40.